The SMILES string of the molecule is CCSc1ccc([C@H](O)c2ccc(C)s2)cc1. The molecule has 0 saturated carbocycles. The van der Waals surface area contributed by atoms with Gasteiger partial charge in [0.2, 0.25) is 0 Å². The fraction of sp³-hybridized carbons (Fsp3) is 0.286. The van der Waals surface area contributed by atoms with Crippen molar-refractivity contribution in [1.82, 2.24) is 0 Å². The van der Waals surface area contributed by atoms with Crippen LogP contribution in [-0.2, 0) is 0 Å². The quantitative estimate of drug-likeness (QED) is 0.833. The smallest absolute Gasteiger partial charge is 0.113 e. The van der Waals surface area contributed by atoms with Crippen LogP contribution in [0.2, 0.25) is 0 Å². The molecule has 0 saturated heterocycles. The number of aliphatic hydroxyl groups excluding tert-OH is 1. The molecule has 1 aromatic heterocycles. The maximum Gasteiger partial charge on any atom is 0.113 e. The highest BCUT2D eigenvalue weighted by molar-refractivity contribution is 7.99. The van der Waals surface area contributed by atoms with Crippen molar-refractivity contribution < 1.29 is 5.11 Å². The minimum Gasteiger partial charge on any atom is -0.383 e. The molecular formula is C14H16OS2. The van der Waals surface area contributed by atoms with Crippen LogP contribution in [0.1, 0.15) is 28.3 Å². The highest BCUT2D eigenvalue weighted by Crippen LogP contribution is 2.29. The first kappa shape index (κ1) is 12.7. The lowest BCUT2D eigenvalue weighted by Gasteiger charge is -2.09. The molecule has 2 aromatic rings. The van der Waals surface area contributed by atoms with Crippen molar-refractivity contribution in [2.75, 3.05) is 5.75 Å². The predicted molar refractivity (Wildman–Crippen MR) is 76.0 cm³/mol. The van der Waals surface area contributed by atoms with Gasteiger partial charge in [-0.25, -0.2) is 0 Å². The van der Waals surface area contributed by atoms with Gasteiger partial charge in [-0.15, -0.1) is 23.1 Å². The van der Waals surface area contributed by atoms with E-state index in [1.54, 1.807) is 11.3 Å². The number of aryl methyl sites for hydroxylation is 1. The van der Waals surface area contributed by atoms with Crippen LogP contribution in [0.25, 0.3) is 0 Å². The van der Waals surface area contributed by atoms with Gasteiger partial charge >= 0.3 is 0 Å². The fourth-order valence-electron chi connectivity index (χ4n) is 1.68. The Morgan fingerprint density at radius 1 is 1.18 bits per heavy atom. The second-order valence-corrected chi connectivity index (χ2v) is 6.51. The minimum absolute atomic E-state index is 0.491. The van der Waals surface area contributed by atoms with Crippen LogP contribution in [0.3, 0.4) is 0 Å². The molecule has 90 valence electrons. The minimum atomic E-state index is -0.491. The molecule has 0 aliphatic carbocycles. The number of rotatable bonds is 4. The van der Waals surface area contributed by atoms with Gasteiger partial charge < -0.3 is 5.11 Å². The van der Waals surface area contributed by atoms with Gasteiger partial charge in [0.05, 0.1) is 0 Å². The number of hydrogen-bond donors (Lipinski definition) is 1. The van der Waals surface area contributed by atoms with Crippen molar-refractivity contribution in [3.8, 4) is 0 Å². The molecule has 2 rings (SSSR count). The van der Waals surface area contributed by atoms with Crippen LogP contribution in [0.5, 0.6) is 0 Å². The zero-order chi connectivity index (χ0) is 12.3. The monoisotopic (exact) mass is 264 g/mol. The van der Waals surface area contributed by atoms with E-state index in [9.17, 15) is 5.11 Å². The summed E-state index contributed by atoms with van der Waals surface area (Å²) in [5.41, 5.74) is 0.965. The maximum atomic E-state index is 10.2. The Labute approximate surface area is 111 Å². The third-order valence-electron chi connectivity index (χ3n) is 2.54. The van der Waals surface area contributed by atoms with Crippen molar-refractivity contribution in [3.05, 3.63) is 51.7 Å². The van der Waals surface area contributed by atoms with E-state index in [0.29, 0.717) is 0 Å². The first-order valence-electron chi connectivity index (χ1n) is 5.68. The van der Waals surface area contributed by atoms with Gasteiger partial charge in [-0.3, -0.25) is 0 Å². The first-order chi connectivity index (χ1) is 8.20. The molecule has 0 bridgehead atoms. The van der Waals surface area contributed by atoms with Crippen LogP contribution >= 0.6 is 23.1 Å². The molecule has 1 nitrogen and oxygen atoms in total. The van der Waals surface area contributed by atoms with Crippen LogP contribution in [0.4, 0.5) is 0 Å². The molecule has 1 aromatic carbocycles. The molecule has 17 heavy (non-hydrogen) atoms. The van der Waals surface area contributed by atoms with Gasteiger partial charge in [-0.1, -0.05) is 19.1 Å². The summed E-state index contributed by atoms with van der Waals surface area (Å²) in [7, 11) is 0. The molecule has 1 atom stereocenters. The molecule has 3 heteroatoms. The lowest BCUT2D eigenvalue weighted by Crippen LogP contribution is -1.96. The molecule has 0 aliphatic heterocycles. The van der Waals surface area contributed by atoms with E-state index in [4.69, 9.17) is 0 Å². The topological polar surface area (TPSA) is 20.2 Å². The number of benzene rings is 1. The Bertz CT molecular complexity index is 473. The van der Waals surface area contributed by atoms with Gasteiger partial charge in [-0.05, 0) is 42.5 Å². The third-order valence-corrected chi connectivity index (χ3v) is 4.48. The largest absolute Gasteiger partial charge is 0.383 e. The van der Waals surface area contributed by atoms with E-state index < -0.39 is 6.10 Å². The second-order valence-electron chi connectivity index (χ2n) is 3.85. The third kappa shape index (κ3) is 3.12. The van der Waals surface area contributed by atoms with Gasteiger partial charge in [0.1, 0.15) is 6.10 Å². The zero-order valence-corrected chi connectivity index (χ0v) is 11.6. The molecule has 0 radical (unpaired) electrons. The van der Waals surface area contributed by atoms with Crippen LogP contribution in [0, 0.1) is 6.92 Å². The summed E-state index contributed by atoms with van der Waals surface area (Å²) in [4.78, 5) is 3.50. The van der Waals surface area contributed by atoms with E-state index in [-0.39, 0.29) is 0 Å². The summed E-state index contributed by atoms with van der Waals surface area (Å²) in [5.74, 6) is 1.08. The lowest BCUT2D eigenvalue weighted by molar-refractivity contribution is 0.224. The summed E-state index contributed by atoms with van der Waals surface area (Å²) in [6.07, 6.45) is -0.491. The van der Waals surface area contributed by atoms with Crippen molar-refractivity contribution >= 4 is 23.1 Å². The first-order valence-corrected chi connectivity index (χ1v) is 7.48. The highest BCUT2D eigenvalue weighted by atomic mass is 32.2. The Morgan fingerprint density at radius 2 is 1.88 bits per heavy atom. The average Bonchev–Trinajstić information content (AvgIpc) is 2.76. The van der Waals surface area contributed by atoms with E-state index in [0.717, 1.165) is 16.2 Å². The van der Waals surface area contributed by atoms with Gasteiger partial charge in [0.25, 0.3) is 0 Å². The molecule has 1 heterocycles. The normalized spacial score (nSPS) is 12.6. The standard InChI is InChI=1S/C14H16OS2/c1-3-16-12-7-5-11(6-8-12)14(15)13-9-4-10(2)17-13/h4-9,14-15H,3H2,1-2H3/t14-/m0/s1. The second kappa shape index (κ2) is 5.71. The van der Waals surface area contributed by atoms with Crippen molar-refractivity contribution in [1.29, 1.82) is 0 Å². The molecule has 1 N–H and O–H groups in total. The molecule has 0 aliphatic rings. The van der Waals surface area contributed by atoms with Crippen LogP contribution < -0.4 is 0 Å². The summed E-state index contributed by atoms with van der Waals surface area (Å²) in [5, 5.41) is 10.2. The molecule has 0 amide bonds. The van der Waals surface area contributed by atoms with Crippen LogP contribution in [-0.4, -0.2) is 10.9 Å². The van der Waals surface area contributed by atoms with Crippen LogP contribution in [0.15, 0.2) is 41.3 Å². The average molecular weight is 264 g/mol. The van der Waals surface area contributed by atoms with Gasteiger partial charge in [-0.2, -0.15) is 0 Å². The Morgan fingerprint density at radius 3 is 2.41 bits per heavy atom. The number of aliphatic hydroxyl groups is 1. The summed E-state index contributed by atoms with van der Waals surface area (Å²) in [6.45, 7) is 4.20. The van der Waals surface area contributed by atoms with E-state index in [1.165, 1.54) is 9.77 Å². The Hall–Kier alpha value is -0.770. The van der Waals surface area contributed by atoms with Crippen molar-refractivity contribution in [3.63, 3.8) is 0 Å². The highest BCUT2D eigenvalue weighted by Gasteiger charge is 2.11. The van der Waals surface area contributed by atoms with E-state index in [1.807, 2.05) is 36.0 Å². The van der Waals surface area contributed by atoms with Gasteiger partial charge in [0.15, 0.2) is 0 Å². The number of thiophene rings is 1. The lowest BCUT2D eigenvalue weighted by atomic mass is 10.1. The Balaban J connectivity index is 2.16. The Kier molecular flexibility index (Phi) is 4.26. The van der Waals surface area contributed by atoms with Crippen molar-refractivity contribution in [2.24, 2.45) is 0 Å². The fourth-order valence-corrected chi connectivity index (χ4v) is 3.23. The predicted octanol–water partition coefficient (Wildman–Crippen LogP) is 4.25. The number of thioether (sulfide) groups is 1. The molecule has 0 unspecified atom stereocenters. The zero-order valence-electron chi connectivity index (χ0n) is 10.0. The van der Waals surface area contributed by atoms with E-state index >= 15 is 0 Å². The summed E-state index contributed by atoms with van der Waals surface area (Å²) < 4.78 is 0. The molecule has 0 fully saturated rings. The number of hydrogen-bond acceptors (Lipinski definition) is 3. The molecular weight excluding hydrogens is 248 g/mol. The van der Waals surface area contributed by atoms with Gasteiger partial charge in [0, 0.05) is 14.6 Å². The maximum absolute atomic E-state index is 10.2. The molecule has 0 spiro atoms. The summed E-state index contributed by atoms with van der Waals surface area (Å²) >= 11 is 3.47. The van der Waals surface area contributed by atoms with Crippen molar-refractivity contribution in [2.45, 2.75) is 24.8 Å². The summed E-state index contributed by atoms with van der Waals surface area (Å²) in [6, 6.07) is 12.2. The van der Waals surface area contributed by atoms with E-state index in [2.05, 4.69) is 26.0 Å².